The smallest absolute Gasteiger partial charge is 0.166 e. The molecule has 0 bridgehead atoms. The summed E-state index contributed by atoms with van der Waals surface area (Å²) >= 11 is 0. The second-order valence-electron chi connectivity index (χ2n) is 4.00. The van der Waals surface area contributed by atoms with Crippen molar-refractivity contribution in [3.63, 3.8) is 0 Å². The Morgan fingerprint density at radius 2 is 1.94 bits per heavy atom. The number of pyridine rings is 1. The molecule has 0 saturated heterocycles. The first kappa shape index (κ1) is 12.8. The molecule has 3 nitrogen and oxygen atoms in total. The van der Waals surface area contributed by atoms with Crippen LogP contribution in [0.25, 0.3) is 0 Å². The molecule has 0 aliphatic carbocycles. The number of ether oxygens (including phenoxy) is 1. The number of nitrogens with zero attached hydrogens (tertiary/aromatic N) is 1. The van der Waals surface area contributed by atoms with Gasteiger partial charge < -0.3 is 10.5 Å². The molecular formula is C13H22N2O. The number of hydrogen-bond acceptors (Lipinski definition) is 3. The van der Waals surface area contributed by atoms with Gasteiger partial charge in [-0.1, -0.05) is 39.0 Å². The van der Waals surface area contributed by atoms with E-state index in [1.165, 1.54) is 32.1 Å². The fourth-order valence-electron chi connectivity index (χ4n) is 1.59. The normalized spacial score (nSPS) is 10.3. The highest BCUT2D eigenvalue weighted by Gasteiger charge is 1.98. The van der Waals surface area contributed by atoms with Crippen LogP contribution in [0.3, 0.4) is 0 Å². The first-order chi connectivity index (χ1) is 7.84. The van der Waals surface area contributed by atoms with Crippen LogP contribution in [0.5, 0.6) is 5.75 Å². The van der Waals surface area contributed by atoms with Crippen LogP contribution in [0, 0.1) is 0 Å². The van der Waals surface area contributed by atoms with Crippen molar-refractivity contribution in [2.45, 2.75) is 45.4 Å². The molecule has 1 rings (SSSR count). The van der Waals surface area contributed by atoms with Gasteiger partial charge in [-0.05, 0) is 18.6 Å². The van der Waals surface area contributed by atoms with Gasteiger partial charge in [-0.25, -0.2) is 4.98 Å². The van der Waals surface area contributed by atoms with E-state index in [-0.39, 0.29) is 0 Å². The zero-order valence-corrected chi connectivity index (χ0v) is 10.1. The third kappa shape index (κ3) is 5.01. The van der Waals surface area contributed by atoms with Gasteiger partial charge >= 0.3 is 0 Å². The number of rotatable bonds is 8. The maximum absolute atomic E-state index is 5.66. The molecule has 0 spiro atoms. The highest BCUT2D eigenvalue weighted by molar-refractivity contribution is 5.44. The van der Waals surface area contributed by atoms with Crippen LogP contribution >= 0.6 is 0 Å². The lowest BCUT2D eigenvalue weighted by Gasteiger charge is -2.07. The van der Waals surface area contributed by atoms with Crippen molar-refractivity contribution >= 4 is 5.82 Å². The molecule has 0 aliphatic rings. The summed E-state index contributed by atoms with van der Waals surface area (Å²) in [5.74, 6) is 1.18. The van der Waals surface area contributed by atoms with Crippen molar-refractivity contribution in [3.05, 3.63) is 18.3 Å². The topological polar surface area (TPSA) is 48.1 Å². The Kier molecular flexibility index (Phi) is 6.38. The summed E-state index contributed by atoms with van der Waals surface area (Å²) in [6.45, 7) is 2.97. The van der Waals surface area contributed by atoms with Gasteiger partial charge in [0.05, 0.1) is 6.61 Å². The molecule has 1 aromatic heterocycles. The molecule has 0 saturated carbocycles. The molecule has 0 radical (unpaired) electrons. The summed E-state index contributed by atoms with van der Waals surface area (Å²) in [6.07, 6.45) is 9.29. The highest BCUT2D eigenvalue weighted by atomic mass is 16.5. The molecular weight excluding hydrogens is 200 g/mol. The first-order valence-corrected chi connectivity index (χ1v) is 6.18. The van der Waals surface area contributed by atoms with E-state index in [1.807, 2.05) is 12.1 Å². The van der Waals surface area contributed by atoms with Crippen LogP contribution in [0.1, 0.15) is 45.4 Å². The van der Waals surface area contributed by atoms with Gasteiger partial charge in [0.15, 0.2) is 11.6 Å². The zero-order valence-electron chi connectivity index (χ0n) is 10.1. The number of unbranched alkanes of at least 4 members (excludes halogenated alkanes) is 5. The summed E-state index contributed by atoms with van der Waals surface area (Å²) in [5, 5.41) is 0. The lowest BCUT2D eigenvalue weighted by molar-refractivity contribution is 0.305. The van der Waals surface area contributed by atoms with Crippen molar-refractivity contribution in [3.8, 4) is 5.75 Å². The molecule has 0 unspecified atom stereocenters. The van der Waals surface area contributed by atoms with Gasteiger partial charge in [-0.2, -0.15) is 0 Å². The molecule has 0 fully saturated rings. The van der Waals surface area contributed by atoms with Crippen LogP contribution in [-0.2, 0) is 0 Å². The first-order valence-electron chi connectivity index (χ1n) is 6.18. The van der Waals surface area contributed by atoms with Crippen LogP contribution < -0.4 is 10.5 Å². The molecule has 16 heavy (non-hydrogen) atoms. The highest BCUT2D eigenvalue weighted by Crippen LogP contribution is 2.17. The second kappa shape index (κ2) is 7.97. The fourth-order valence-corrected chi connectivity index (χ4v) is 1.59. The number of nitrogen functional groups attached to an aromatic ring is 1. The summed E-state index contributed by atoms with van der Waals surface area (Å²) < 4.78 is 5.56. The monoisotopic (exact) mass is 222 g/mol. The lowest BCUT2D eigenvalue weighted by atomic mass is 10.1. The minimum absolute atomic E-state index is 0.480. The molecule has 1 heterocycles. The van der Waals surface area contributed by atoms with Gasteiger partial charge in [0.25, 0.3) is 0 Å². The lowest BCUT2D eigenvalue weighted by Crippen LogP contribution is -2.01. The van der Waals surface area contributed by atoms with Gasteiger partial charge in [0, 0.05) is 6.20 Å². The minimum Gasteiger partial charge on any atom is -0.490 e. The zero-order chi connectivity index (χ0) is 11.6. The van der Waals surface area contributed by atoms with Gasteiger partial charge in [0.1, 0.15) is 0 Å². The predicted molar refractivity (Wildman–Crippen MR) is 67.5 cm³/mol. The Labute approximate surface area is 98.0 Å². The van der Waals surface area contributed by atoms with Crippen molar-refractivity contribution in [1.29, 1.82) is 0 Å². The fraction of sp³-hybridized carbons (Fsp3) is 0.615. The number of aromatic nitrogens is 1. The molecule has 0 aromatic carbocycles. The molecule has 90 valence electrons. The summed E-state index contributed by atoms with van der Waals surface area (Å²) in [5.41, 5.74) is 5.66. The van der Waals surface area contributed by atoms with E-state index in [2.05, 4.69) is 11.9 Å². The molecule has 0 atom stereocenters. The van der Waals surface area contributed by atoms with Crippen molar-refractivity contribution < 1.29 is 4.74 Å². The SMILES string of the molecule is CCCCCCCCOc1cccnc1N. The van der Waals surface area contributed by atoms with Crippen LogP contribution in [0.15, 0.2) is 18.3 Å². The van der Waals surface area contributed by atoms with E-state index >= 15 is 0 Å². The van der Waals surface area contributed by atoms with Gasteiger partial charge in [-0.15, -0.1) is 0 Å². The van der Waals surface area contributed by atoms with Crippen molar-refractivity contribution in [2.24, 2.45) is 0 Å². The van der Waals surface area contributed by atoms with E-state index < -0.39 is 0 Å². The number of hydrogen-bond donors (Lipinski definition) is 1. The van der Waals surface area contributed by atoms with E-state index in [0.717, 1.165) is 13.0 Å². The molecule has 1 aromatic rings. The minimum atomic E-state index is 0.480. The largest absolute Gasteiger partial charge is 0.490 e. The third-order valence-electron chi connectivity index (χ3n) is 2.56. The van der Waals surface area contributed by atoms with Crippen LogP contribution in [0.2, 0.25) is 0 Å². The number of nitrogens with two attached hydrogens (primary N) is 1. The predicted octanol–water partition coefficient (Wildman–Crippen LogP) is 3.40. The Morgan fingerprint density at radius 3 is 2.69 bits per heavy atom. The maximum atomic E-state index is 5.66. The molecule has 3 heteroatoms. The Hall–Kier alpha value is -1.25. The molecule has 0 amide bonds. The average Bonchev–Trinajstić information content (AvgIpc) is 2.30. The average molecular weight is 222 g/mol. The van der Waals surface area contributed by atoms with E-state index in [0.29, 0.717) is 11.6 Å². The summed E-state index contributed by atoms with van der Waals surface area (Å²) in [4.78, 5) is 3.97. The van der Waals surface area contributed by atoms with Crippen LogP contribution in [-0.4, -0.2) is 11.6 Å². The molecule has 2 N–H and O–H groups in total. The quantitative estimate of drug-likeness (QED) is 0.686. The van der Waals surface area contributed by atoms with E-state index in [4.69, 9.17) is 10.5 Å². The van der Waals surface area contributed by atoms with Crippen molar-refractivity contribution in [2.75, 3.05) is 12.3 Å². The van der Waals surface area contributed by atoms with Gasteiger partial charge in [0.2, 0.25) is 0 Å². The van der Waals surface area contributed by atoms with Crippen molar-refractivity contribution in [1.82, 2.24) is 4.98 Å². The Morgan fingerprint density at radius 1 is 1.19 bits per heavy atom. The van der Waals surface area contributed by atoms with E-state index in [1.54, 1.807) is 6.20 Å². The molecule has 0 aliphatic heterocycles. The summed E-state index contributed by atoms with van der Waals surface area (Å²) in [7, 11) is 0. The number of anilines is 1. The second-order valence-corrected chi connectivity index (χ2v) is 4.00. The van der Waals surface area contributed by atoms with E-state index in [9.17, 15) is 0 Å². The van der Waals surface area contributed by atoms with Crippen LogP contribution in [0.4, 0.5) is 5.82 Å². The third-order valence-corrected chi connectivity index (χ3v) is 2.56. The standard InChI is InChI=1S/C13H22N2O/c1-2-3-4-5-6-7-11-16-12-9-8-10-15-13(12)14/h8-10H,2-7,11H2,1H3,(H2,14,15). The van der Waals surface area contributed by atoms with Gasteiger partial charge in [-0.3, -0.25) is 0 Å². The summed E-state index contributed by atoms with van der Waals surface area (Å²) in [6, 6.07) is 3.70. The maximum Gasteiger partial charge on any atom is 0.166 e. The Bertz CT molecular complexity index is 289. The Balaban J connectivity index is 2.05.